The van der Waals surface area contributed by atoms with E-state index in [1.165, 1.54) is 12.1 Å². The zero-order valence-electron chi connectivity index (χ0n) is 16.3. The normalized spacial score (nSPS) is 16.9. The summed E-state index contributed by atoms with van der Waals surface area (Å²) in [7, 11) is 0. The molecule has 1 aliphatic heterocycles. The number of nitrogens with zero attached hydrogens (tertiary/aromatic N) is 2. The van der Waals surface area contributed by atoms with E-state index in [-0.39, 0.29) is 23.6 Å². The molecule has 4 rings (SSSR count). The Hall–Kier alpha value is -2.67. The van der Waals surface area contributed by atoms with E-state index in [0.29, 0.717) is 31.9 Å². The molecule has 0 saturated carbocycles. The predicted molar refractivity (Wildman–Crippen MR) is 111 cm³/mol. The van der Waals surface area contributed by atoms with E-state index in [2.05, 4.69) is 0 Å². The molecule has 0 bridgehead atoms. The molecule has 0 aliphatic carbocycles. The quantitative estimate of drug-likeness (QED) is 0.585. The van der Waals surface area contributed by atoms with Crippen LogP contribution in [0.3, 0.4) is 0 Å². The molecule has 5 nitrogen and oxygen atoms in total. The molecule has 3 aromatic rings. The predicted octanol–water partition coefficient (Wildman–Crippen LogP) is 4.31. The molecular formula is C22H23FN2O3S. The standard InChI is InChI=1S/C22H23FN2O3S/c1-2-28-22(27)17-6-4-9-24(14-17)20(26)19-12-16-8-10-29-21(16)25(19)13-15-5-3-7-18(23)11-15/h3,5,7-8,10-12,17H,2,4,6,9,13-14H2,1H3/t17-/m0/s1. The Balaban J connectivity index is 1.62. The Morgan fingerprint density at radius 2 is 2.14 bits per heavy atom. The summed E-state index contributed by atoms with van der Waals surface area (Å²) in [6, 6.07) is 10.3. The molecule has 7 heteroatoms. The van der Waals surface area contributed by atoms with E-state index < -0.39 is 0 Å². The minimum Gasteiger partial charge on any atom is -0.466 e. The largest absolute Gasteiger partial charge is 0.466 e. The summed E-state index contributed by atoms with van der Waals surface area (Å²) < 4.78 is 20.8. The molecule has 152 valence electrons. The number of ether oxygens (including phenoxy) is 1. The number of carbonyl (C=O) groups is 2. The Morgan fingerprint density at radius 3 is 2.93 bits per heavy atom. The third-order valence-electron chi connectivity index (χ3n) is 5.28. The van der Waals surface area contributed by atoms with Crippen molar-refractivity contribution in [3.63, 3.8) is 0 Å². The lowest BCUT2D eigenvalue weighted by Crippen LogP contribution is -2.43. The first-order chi connectivity index (χ1) is 14.1. The number of amides is 1. The van der Waals surface area contributed by atoms with Crippen molar-refractivity contribution in [1.82, 2.24) is 9.47 Å². The maximum absolute atomic E-state index is 13.7. The average Bonchev–Trinajstić information content (AvgIpc) is 3.30. The van der Waals surface area contributed by atoms with Crippen molar-refractivity contribution in [2.75, 3.05) is 19.7 Å². The van der Waals surface area contributed by atoms with Gasteiger partial charge in [0.25, 0.3) is 5.91 Å². The number of benzene rings is 1. The van der Waals surface area contributed by atoms with Gasteiger partial charge in [-0.15, -0.1) is 11.3 Å². The number of carbonyl (C=O) groups excluding carboxylic acids is 2. The minimum atomic E-state index is -0.293. The SMILES string of the molecule is CCOC(=O)[C@H]1CCCN(C(=O)c2cc3ccsc3n2Cc2cccc(F)c2)C1. The van der Waals surface area contributed by atoms with Gasteiger partial charge in [-0.05, 0) is 55.0 Å². The molecule has 0 spiro atoms. The third-order valence-corrected chi connectivity index (χ3v) is 6.23. The number of aromatic nitrogens is 1. The van der Waals surface area contributed by atoms with Gasteiger partial charge in [0.15, 0.2) is 0 Å². The van der Waals surface area contributed by atoms with Crippen molar-refractivity contribution >= 4 is 33.4 Å². The van der Waals surface area contributed by atoms with Gasteiger partial charge >= 0.3 is 5.97 Å². The fourth-order valence-corrected chi connectivity index (χ4v) is 4.80. The summed E-state index contributed by atoms with van der Waals surface area (Å²) in [5.41, 5.74) is 1.37. The van der Waals surface area contributed by atoms with Crippen LogP contribution in [0.5, 0.6) is 0 Å². The highest BCUT2D eigenvalue weighted by Crippen LogP contribution is 2.28. The summed E-state index contributed by atoms with van der Waals surface area (Å²) in [4.78, 5) is 28.2. The number of thiophene rings is 1. The maximum Gasteiger partial charge on any atom is 0.310 e. The number of piperidine rings is 1. The van der Waals surface area contributed by atoms with Crippen LogP contribution in [0.4, 0.5) is 4.39 Å². The van der Waals surface area contributed by atoms with Gasteiger partial charge in [-0.1, -0.05) is 12.1 Å². The Bertz CT molecular complexity index is 1040. The van der Waals surface area contributed by atoms with Crippen molar-refractivity contribution in [3.05, 3.63) is 58.9 Å². The summed E-state index contributed by atoms with van der Waals surface area (Å²) in [6.45, 7) is 3.54. The molecule has 1 fully saturated rings. The molecule has 1 saturated heterocycles. The fourth-order valence-electron chi connectivity index (χ4n) is 3.90. The number of hydrogen-bond acceptors (Lipinski definition) is 4. The highest BCUT2D eigenvalue weighted by Gasteiger charge is 2.31. The lowest BCUT2D eigenvalue weighted by Gasteiger charge is -2.31. The first kappa shape index (κ1) is 19.6. The van der Waals surface area contributed by atoms with Gasteiger partial charge in [0.05, 0.1) is 12.5 Å². The smallest absolute Gasteiger partial charge is 0.310 e. The first-order valence-electron chi connectivity index (χ1n) is 9.84. The van der Waals surface area contributed by atoms with E-state index in [9.17, 15) is 14.0 Å². The van der Waals surface area contributed by atoms with Crippen LogP contribution >= 0.6 is 11.3 Å². The number of halogens is 1. The van der Waals surface area contributed by atoms with E-state index in [1.807, 2.05) is 28.1 Å². The van der Waals surface area contributed by atoms with Gasteiger partial charge in [-0.2, -0.15) is 0 Å². The Kier molecular flexibility index (Phi) is 5.67. The van der Waals surface area contributed by atoms with E-state index >= 15 is 0 Å². The molecule has 29 heavy (non-hydrogen) atoms. The summed E-state index contributed by atoms with van der Waals surface area (Å²) in [6.07, 6.45) is 1.51. The number of rotatable bonds is 5. The second-order valence-electron chi connectivity index (χ2n) is 7.27. The van der Waals surface area contributed by atoms with Gasteiger partial charge in [0.2, 0.25) is 0 Å². The summed E-state index contributed by atoms with van der Waals surface area (Å²) >= 11 is 1.56. The van der Waals surface area contributed by atoms with Crippen LogP contribution in [0.1, 0.15) is 35.8 Å². The lowest BCUT2D eigenvalue weighted by atomic mass is 9.98. The fraction of sp³-hybridized carbons (Fsp3) is 0.364. The summed E-state index contributed by atoms with van der Waals surface area (Å²) in [5.74, 6) is -0.904. The molecule has 2 aromatic heterocycles. The molecule has 3 heterocycles. The Labute approximate surface area is 172 Å². The number of hydrogen-bond donors (Lipinski definition) is 0. The molecule has 1 atom stereocenters. The molecule has 1 amide bonds. The second kappa shape index (κ2) is 8.37. The number of esters is 1. The van der Waals surface area contributed by atoms with E-state index in [4.69, 9.17) is 4.74 Å². The molecule has 0 radical (unpaired) electrons. The van der Waals surface area contributed by atoms with Crippen molar-refractivity contribution in [3.8, 4) is 0 Å². The second-order valence-corrected chi connectivity index (χ2v) is 8.16. The molecule has 0 N–H and O–H groups in total. The topological polar surface area (TPSA) is 51.5 Å². The first-order valence-corrected chi connectivity index (χ1v) is 10.7. The van der Waals surface area contributed by atoms with Crippen molar-refractivity contribution in [1.29, 1.82) is 0 Å². The average molecular weight is 415 g/mol. The van der Waals surface area contributed by atoms with Gasteiger partial charge in [0.1, 0.15) is 16.3 Å². The van der Waals surface area contributed by atoms with Gasteiger partial charge in [-0.25, -0.2) is 4.39 Å². The maximum atomic E-state index is 13.7. The number of likely N-dealkylation sites (tertiary alicyclic amines) is 1. The van der Waals surface area contributed by atoms with Gasteiger partial charge < -0.3 is 14.2 Å². The van der Waals surface area contributed by atoms with Crippen molar-refractivity contribution in [2.24, 2.45) is 5.92 Å². The van der Waals surface area contributed by atoms with Crippen LogP contribution in [-0.2, 0) is 16.1 Å². The lowest BCUT2D eigenvalue weighted by molar-refractivity contribution is -0.149. The zero-order valence-corrected chi connectivity index (χ0v) is 17.1. The molecular weight excluding hydrogens is 391 g/mol. The van der Waals surface area contributed by atoms with Gasteiger partial charge in [-0.3, -0.25) is 9.59 Å². The van der Waals surface area contributed by atoms with E-state index in [0.717, 1.165) is 28.6 Å². The minimum absolute atomic E-state index is 0.0983. The number of fused-ring (bicyclic) bond motifs is 1. The van der Waals surface area contributed by atoms with Gasteiger partial charge in [0, 0.05) is 25.0 Å². The highest BCUT2D eigenvalue weighted by molar-refractivity contribution is 7.16. The van der Waals surface area contributed by atoms with Crippen LogP contribution < -0.4 is 0 Å². The van der Waals surface area contributed by atoms with Crippen molar-refractivity contribution < 1.29 is 18.7 Å². The molecule has 1 aliphatic rings. The van der Waals surface area contributed by atoms with Crippen LogP contribution in [0.25, 0.3) is 10.2 Å². The zero-order chi connectivity index (χ0) is 20.4. The third kappa shape index (κ3) is 4.05. The van der Waals surface area contributed by atoms with Crippen LogP contribution in [0, 0.1) is 11.7 Å². The van der Waals surface area contributed by atoms with Crippen LogP contribution in [0.15, 0.2) is 41.8 Å². The van der Waals surface area contributed by atoms with E-state index in [1.54, 1.807) is 29.2 Å². The van der Waals surface area contributed by atoms with Crippen LogP contribution in [-0.4, -0.2) is 41.0 Å². The molecule has 1 aromatic carbocycles. The summed E-state index contributed by atoms with van der Waals surface area (Å²) in [5, 5.41) is 2.98. The van der Waals surface area contributed by atoms with Crippen molar-refractivity contribution in [2.45, 2.75) is 26.3 Å². The monoisotopic (exact) mass is 414 g/mol. The Morgan fingerprint density at radius 1 is 1.28 bits per heavy atom. The highest BCUT2D eigenvalue weighted by atomic mass is 32.1. The molecule has 0 unspecified atom stereocenters. The van der Waals surface area contributed by atoms with Crippen LogP contribution in [0.2, 0.25) is 0 Å².